The average molecular weight is 589 g/mol. The van der Waals surface area contributed by atoms with Gasteiger partial charge in [0.15, 0.2) is 0 Å². The van der Waals surface area contributed by atoms with Crippen LogP contribution in [-0.2, 0) is 5.41 Å². The highest BCUT2D eigenvalue weighted by Crippen LogP contribution is 2.52. The number of benzene rings is 4. The summed E-state index contributed by atoms with van der Waals surface area (Å²) in [5.74, 6) is -0.267. The van der Waals surface area contributed by atoms with Crippen LogP contribution in [0.3, 0.4) is 0 Å². The third-order valence-electron chi connectivity index (χ3n) is 9.37. The summed E-state index contributed by atoms with van der Waals surface area (Å²) < 4.78 is 2.57. The maximum absolute atomic E-state index is 10.3. The van der Waals surface area contributed by atoms with Gasteiger partial charge >= 0.3 is 0 Å². The molecule has 0 amide bonds. The molecule has 4 aromatic carbocycles. The van der Waals surface area contributed by atoms with E-state index in [1.165, 1.54) is 48.0 Å². The monoisotopic (exact) mass is 588 g/mol. The second kappa shape index (κ2) is 11.1. The molecule has 44 heavy (non-hydrogen) atoms. The van der Waals surface area contributed by atoms with E-state index in [1.807, 2.05) is 11.3 Å². The fraction of sp³-hybridized carbons (Fsp3) is 0.195. The van der Waals surface area contributed by atoms with Crippen molar-refractivity contribution < 1.29 is 0 Å². The van der Waals surface area contributed by atoms with Gasteiger partial charge in [-0.3, -0.25) is 0 Å². The maximum Gasteiger partial charge on any atom is 0.0903 e. The number of para-hydroxylation sites is 1. The van der Waals surface area contributed by atoms with Crippen molar-refractivity contribution in [3.63, 3.8) is 0 Å². The van der Waals surface area contributed by atoms with E-state index in [9.17, 15) is 5.26 Å². The fourth-order valence-corrected chi connectivity index (χ4v) is 8.23. The van der Waals surface area contributed by atoms with Crippen LogP contribution < -0.4 is 5.32 Å². The molecule has 2 nitrogen and oxygen atoms in total. The number of thiophene rings is 1. The van der Waals surface area contributed by atoms with Crippen molar-refractivity contribution in [1.82, 2.24) is 0 Å². The maximum atomic E-state index is 10.3. The number of hydrogen-bond donors (Lipinski definition) is 1. The summed E-state index contributed by atoms with van der Waals surface area (Å²) in [5, 5.41) is 16.7. The second-order valence-electron chi connectivity index (χ2n) is 12.4. The van der Waals surface area contributed by atoms with Crippen LogP contribution in [0.25, 0.3) is 42.4 Å². The molecule has 216 valence electrons. The van der Waals surface area contributed by atoms with Crippen LogP contribution in [0.1, 0.15) is 62.3 Å². The Kier molecular flexibility index (Phi) is 7.11. The van der Waals surface area contributed by atoms with Crippen LogP contribution in [-0.4, -0.2) is 0 Å². The van der Waals surface area contributed by atoms with Crippen molar-refractivity contribution in [2.75, 3.05) is 5.32 Å². The van der Waals surface area contributed by atoms with E-state index in [-0.39, 0.29) is 11.3 Å². The molecule has 1 atom stereocenters. The molecule has 1 unspecified atom stereocenters. The van der Waals surface area contributed by atoms with Crippen molar-refractivity contribution in [1.29, 1.82) is 5.26 Å². The third-order valence-corrected chi connectivity index (χ3v) is 10.5. The molecular formula is C41H36N2S. The number of nitrogens with zero attached hydrogens (tertiary/aromatic N) is 1. The van der Waals surface area contributed by atoms with Crippen molar-refractivity contribution in [3.8, 4) is 17.2 Å². The highest BCUT2D eigenvalue weighted by Gasteiger charge is 2.36. The molecule has 0 fully saturated rings. The molecule has 1 N–H and O–H groups in total. The number of hydrogen-bond acceptors (Lipinski definition) is 3. The van der Waals surface area contributed by atoms with Gasteiger partial charge in [0, 0.05) is 48.1 Å². The van der Waals surface area contributed by atoms with Crippen molar-refractivity contribution in [3.05, 3.63) is 138 Å². The summed E-state index contributed by atoms with van der Waals surface area (Å²) in [6.07, 6.45) is 11.2. The normalized spacial score (nSPS) is 16.8. The van der Waals surface area contributed by atoms with Gasteiger partial charge in [-0.1, -0.05) is 99.3 Å². The number of anilines is 1. The predicted molar refractivity (Wildman–Crippen MR) is 190 cm³/mol. The quantitative estimate of drug-likeness (QED) is 0.192. The summed E-state index contributed by atoms with van der Waals surface area (Å²) in [6, 6.07) is 31.3. The molecule has 5 aromatic rings. The van der Waals surface area contributed by atoms with E-state index in [2.05, 4.69) is 142 Å². The van der Waals surface area contributed by atoms with E-state index in [4.69, 9.17) is 0 Å². The Morgan fingerprint density at radius 3 is 2.61 bits per heavy atom. The summed E-state index contributed by atoms with van der Waals surface area (Å²) in [7, 11) is 0. The summed E-state index contributed by atoms with van der Waals surface area (Å²) >= 11 is 1.86. The first kappa shape index (κ1) is 28.1. The second-order valence-corrected chi connectivity index (χ2v) is 13.5. The predicted octanol–water partition coefficient (Wildman–Crippen LogP) is 11.7. The first-order valence-corrected chi connectivity index (χ1v) is 16.3. The Hall–Kier alpha value is -4.65. The Labute approximate surface area is 264 Å². The largest absolute Gasteiger partial charge is 0.357 e. The molecule has 1 heterocycles. The van der Waals surface area contributed by atoms with Gasteiger partial charge in [0.05, 0.1) is 12.0 Å². The summed E-state index contributed by atoms with van der Waals surface area (Å²) in [4.78, 5) is 0. The minimum atomic E-state index is -0.267. The highest BCUT2D eigenvalue weighted by atomic mass is 32.1. The van der Waals surface area contributed by atoms with E-state index >= 15 is 0 Å². The van der Waals surface area contributed by atoms with Gasteiger partial charge in [0.2, 0.25) is 0 Å². The van der Waals surface area contributed by atoms with E-state index < -0.39 is 0 Å². The van der Waals surface area contributed by atoms with E-state index in [0.29, 0.717) is 6.42 Å². The Morgan fingerprint density at radius 2 is 1.77 bits per heavy atom. The zero-order valence-corrected chi connectivity index (χ0v) is 26.4. The minimum absolute atomic E-state index is 0.0327. The standard InChI is InChI=1S/C41H36N2S/c1-5-6-7-14-26(2)28-16-9-11-21-36(28)43-40-27(25-42)15-12-19-31(40)30-18-13-22-37-39(30)33-23-32-29-17-8-10-20-34(29)41(3,4)35(32)24-38(33)44-37/h5-6,8-13,16-24,27,43H,2,7,14-15H2,1,3-4H3/b6-5-. The first-order chi connectivity index (χ1) is 21.4. The van der Waals surface area contributed by atoms with Gasteiger partial charge in [-0.15, -0.1) is 11.3 Å². The molecule has 1 aromatic heterocycles. The number of nitrogens with one attached hydrogen (secondary N) is 1. The lowest BCUT2D eigenvalue weighted by molar-refractivity contribution is 0.661. The summed E-state index contributed by atoms with van der Waals surface area (Å²) in [6.45, 7) is 11.2. The van der Waals surface area contributed by atoms with Crippen molar-refractivity contribution in [2.24, 2.45) is 5.92 Å². The number of nitriles is 1. The molecule has 0 bridgehead atoms. The fourth-order valence-electron chi connectivity index (χ4n) is 7.07. The minimum Gasteiger partial charge on any atom is -0.357 e. The van der Waals surface area contributed by atoms with Gasteiger partial charge in [-0.2, -0.15) is 5.26 Å². The molecule has 2 aliphatic carbocycles. The number of allylic oxidation sites excluding steroid dienone is 7. The Balaban J connectivity index is 1.41. The van der Waals surface area contributed by atoms with Crippen LogP contribution in [0.4, 0.5) is 5.69 Å². The van der Waals surface area contributed by atoms with Crippen LogP contribution in [0.2, 0.25) is 0 Å². The molecule has 0 saturated heterocycles. The Morgan fingerprint density at radius 1 is 0.977 bits per heavy atom. The van der Waals surface area contributed by atoms with E-state index in [0.717, 1.165) is 40.9 Å². The highest BCUT2D eigenvalue weighted by molar-refractivity contribution is 7.25. The van der Waals surface area contributed by atoms with Gasteiger partial charge in [-0.25, -0.2) is 0 Å². The van der Waals surface area contributed by atoms with Crippen LogP contribution in [0.5, 0.6) is 0 Å². The van der Waals surface area contributed by atoms with Gasteiger partial charge < -0.3 is 5.32 Å². The lowest BCUT2D eigenvalue weighted by Gasteiger charge is -2.24. The van der Waals surface area contributed by atoms with Crippen LogP contribution >= 0.6 is 11.3 Å². The van der Waals surface area contributed by atoms with Crippen LogP contribution in [0.15, 0.2) is 115 Å². The Bertz CT molecular complexity index is 2090. The molecule has 3 heteroatoms. The van der Waals surface area contributed by atoms with Crippen molar-refractivity contribution in [2.45, 2.75) is 45.4 Å². The smallest absolute Gasteiger partial charge is 0.0903 e. The van der Waals surface area contributed by atoms with Gasteiger partial charge in [0.1, 0.15) is 0 Å². The van der Waals surface area contributed by atoms with Gasteiger partial charge in [-0.05, 0) is 83.8 Å². The molecule has 0 radical (unpaired) electrons. The van der Waals surface area contributed by atoms with Gasteiger partial charge in [0.25, 0.3) is 0 Å². The van der Waals surface area contributed by atoms with Crippen molar-refractivity contribution >= 4 is 48.3 Å². The van der Waals surface area contributed by atoms with Crippen LogP contribution in [0, 0.1) is 17.2 Å². The molecule has 0 aliphatic heterocycles. The summed E-state index contributed by atoms with van der Waals surface area (Å²) in [5.41, 5.74) is 11.8. The number of rotatable bonds is 7. The number of fused-ring (bicyclic) bond motifs is 6. The zero-order valence-electron chi connectivity index (χ0n) is 25.6. The lowest BCUT2D eigenvalue weighted by Crippen LogP contribution is -2.16. The molecule has 0 spiro atoms. The topological polar surface area (TPSA) is 35.8 Å². The third kappa shape index (κ3) is 4.53. The first-order valence-electron chi connectivity index (χ1n) is 15.5. The lowest BCUT2D eigenvalue weighted by atomic mass is 9.82. The molecule has 2 aliphatic rings. The molecular weight excluding hydrogens is 553 g/mol. The molecule has 0 saturated carbocycles. The zero-order chi connectivity index (χ0) is 30.4. The SMILES string of the molecule is C=C(CC/C=C\C)c1ccccc1NC1=C(c2cccc3sc4cc5c(cc4c23)-c2ccccc2C5(C)C)C=CCC1C#N. The molecule has 7 rings (SSSR count). The van der Waals surface area contributed by atoms with E-state index in [1.54, 1.807) is 0 Å². The average Bonchev–Trinajstić information content (AvgIpc) is 3.52.